The van der Waals surface area contributed by atoms with Gasteiger partial charge in [-0.2, -0.15) is 0 Å². The van der Waals surface area contributed by atoms with Gasteiger partial charge in [-0.15, -0.1) is 0 Å². The molecule has 4 aromatic rings. The summed E-state index contributed by atoms with van der Waals surface area (Å²) in [4.78, 5) is 26.9. The number of benzene rings is 2. The van der Waals surface area contributed by atoms with Crippen molar-refractivity contribution in [2.24, 2.45) is 0 Å². The lowest BCUT2D eigenvalue weighted by molar-refractivity contribution is 0.0332. The number of H-pyrrole nitrogens is 1. The lowest BCUT2D eigenvalue weighted by atomic mass is 10.2. The topological polar surface area (TPSA) is 129 Å². The number of nitrogens with zero attached hydrogens (tertiary/aromatic N) is 3. The van der Waals surface area contributed by atoms with E-state index in [-0.39, 0.29) is 10.8 Å². The van der Waals surface area contributed by atoms with Crippen LogP contribution in [0.4, 0.5) is 11.4 Å². The first-order chi connectivity index (χ1) is 17.0. The number of ether oxygens (including phenoxy) is 1. The van der Waals surface area contributed by atoms with Gasteiger partial charge in [-0.1, -0.05) is 0 Å². The van der Waals surface area contributed by atoms with E-state index in [1.165, 1.54) is 36.7 Å². The van der Waals surface area contributed by atoms with E-state index in [1.807, 2.05) is 12.1 Å². The number of fused-ring (bicyclic) bond motifs is 1. The van der Waals surface area contributed by atoms with E-state index in [4.69, 9.17) is 4.74 Å². The van der Waals surface area contributed by atoms with Gasteiger partial charge in [0.2, 0.25) is 0 Å². The van der Waals surface area contributed by atoms with Crippen molar-refractivity contribution in [3.8, 4) is 0 Å². The summed E-state index contributed by atoms with van der Waals surface area (Å²) < 4.78 is 33.0. The predicted molar refractivity (Wildman–Crippen MR) is 132 cm³/mol. The third kappa shape index (κ3) is 5.48. The van der Waals surface area contributed by atoms with Gasteiger partial charge in [-0.25, -0.2) is 13.4 Å². The Labute approximate surface area is 202 Å². The van der Waals surface area contributed by atoms with Crippen LogP contribution in [0.15, 0.2) is 71.9 Å². The number of anilines is 2. The zero-order valence-electron chi connectivity index (χ0n) is 18.8. The summed E-state index contributed by atoms with van der Waals surface area (Å²) in [6.45, 7) is 3.91. The Bertz CT molecular complexity index is 1430. The zero-order valence-corrected chi connectivity index (χ0v) is 19.6. The van der Waals surface area contributed by atoms with E-state index >= 15 is 0 Å². The summed E-state index contributed by atoms with van der Waals surface area (Å²) >= 11 is 0. The van der Waals surface area contributed by atoms with Crippen molar-refractivity contribution in [1.29, 1.82) is 0 Å². The largest absolute Gasteiger partial charge is 0.379 e. The Morgan fingerprint density at radius 3 is 2.49 bits per heavy atom. The van der Waals surface area contributed by atoms with Crippen molar-refractivity contribution >= 4 is 38.3 Å². The van der Waals surface area contributed by atoms with Gasteiger partial charge in [0.1, 0.15) is 5.82 Å². The molecule has 180 valence electrons. The van der Waals surface area contributed by atoms with Crippen LogP contribution in [0.25, 0.3) is 11.0 Å². The normalized spacial score (nSPS) is 14.6. The van der Waals surface area contributed by atoms with Crippen molar-refractivity contribution in [2.45, 2.75) is 11.4 Å². The molecule has 2 aromatic carbocycles. The molecule has 0 aliphatic carbocycles. The van der Waals surface area contributed by atoms with Gasteiger partial charge < -0.3 is 15.0 Å². The maximum absolute atomic E-state index is 12.7. The average Bonchev–Trinajstić information content (AvgIpc) is 3.26. The second-order valence-electron chi connectivity index (χ2n) is 8.12. The molecule has 0 bridgehead atoms. The molecule has 3 heterocycles. The summed E-state index contributed by atoms with van der Waals surface area (Å²) in [6, 6.07) is 14.3. The molecule has 0 spiro atoms. The van der Waals surface area contributed by atoms with E-state index in [0.29, 0.717) is 23.5 Å². The lowest BCUT2D eigenvalue weighted by Crippen LogP contribution is -2.35. The Morgan fingerprint density at radius 1 is 1.00 bits per heavy atom. The molecule has 0 unspecified atom stereocenters. The SMILES string of the molecule is O=C(Nc1ccc2nc(CN3CCOCC3)[nH]c2c1)c1ccc(S(=O)(=O)Nc2ccncc2)cc1. The molecule has 1 fully saturated rings. The van der Waals surface area contributed by atoms with E-state index < -0.39 is 10.0 Å². The number of amides is 1. The minimum atomic E-state index is -3.78. The van der Waals surface area contributed by atoms with Crippen molar-refractivity contribution < 1.29 is 17.9 Å². The van der Waals surface area contributed by atoms with Crippen LogP contribution in [0.1, 0.15) is 16.2 Å². The molecule has 1 saturated heterocycles. The molecular formula is C24H24N6O4S. The fraction of sp³-hybridized carbons (Fsp3) is 0.208. The Morgan fingerprint density at radius 2 is 1.74 bits per heavy atom. The fourth-order valence-corrected chi connectivity index (χ4v) is 4.87. The number of imidazole rings is 1. The first-order valence-electron chi connectivity index (χ1n) is 11.1. The number of hydrogen-bond donors (Lipinski definition) is 3. The van der Waals surface area contributed by atoms with E-state index in [2.05, 4.69) is 29.9 Å². The molecule has 11 heteroatoms. The molecule has 3 N–H and O–H groups in total. The summed E-state index contributed by atoms with van der Waals surface area (Å²) in [5, 5.41) is 2.85. The number of carbonyl (C=O) groups excluding carboxylic acids is 1. The van der Waals surface area contributed by atoms with Crippen molar-refractivity contribution in [2.75, 3.05) is 36.3 Å². The van der Waals surface area contributed by atoms with Gasteiger partial charge in [0.25, 0.3) is 15.9 Å². The molecule has 2 aromatic heterocycles. The van der Waals surface area contributed by atoms with Crippen LogP contribution in [0.5, 0.6) is 0 Å². The quantitative estimate of drug-likeness (QED) is 0.362. The van der Waals surface area contributed by atoms with Crippen LogP contribution < -0.4 is 10.0 Å². The molecule has 1 amide bonds. The van der Waals surface area contributed by atoms with Crippen molar-refractivity contribution in [3.05, 3.63) is 78.4 Å². The number of rotatable bonds is 7. The fourth-order valence-electron chi connectivity index (χ4n) is 3.81. The molecule has 0 saturated carbocycles. The van der Waals surface area contributed by atoms with Gasteiger partial charge in [-0.3, -0.25) is 19.4 Å². The third-order valence-electron chi connectivity index (χ3n) is 5.63. The summed E-state index contributed by atoms with van der Waals surface area (Å²) in [5.41, 5.74) is 3.01. The predicted octanol–water partition coefficient (Wildman–Crippen LogP) is 2.84. The van der Waals surface area contributed by atoms with Gasteiger partial charge in [-0.05, 0) is 54.6 Å². The highest BCUT2D eigenvalue weighted by molar-refractivity contribution is 7.92. The summed E-state index contributed by atoms with van der Waals surface area (Å²) in [6.07, 6.45) is 2.99. The first kappa shape index (κ1) is 23.0. The number of hydrogen-bond acceptors (Lipinski definition) is 7. The number of carbonyl (C=O) groups is 1. The van der Waals surface area contributed by atoms with Gasteiger partial charge in [0.05, 0.1) is 41.4 Å². The molecule has 0 atom stereocenters. The number of pyridine rings is 1. The average molecular weight is 493 g/mol. The molecule has 1 aliphatic heterocycles. The van der Waals surface area contributed by atoms with Gasteiger partial charge in [0.15, 0.2) is 0 Å². The smallest absolute Gasteiger partial charge is 0.261 e. The highest BCUT2D eigenvalue weighted by atomic mass is 32.2. The highest BCUT2D eigenvalue weighted by Gasteiger charge is 2.16. The Kier molecular flexibility index (Phi) is 6.45. The van der Waals surface area contributed by atoms with Crippen LogP contribution in [-0.2, 0) is 21.3 Å². The lowest BCUT2D eigenvalue weighted by Gasteiger charge is -2.25. The van der Waals surface area contributed by atoms with Crippen molar-refractivity contribution in [1.82, 2.24) is 19.9 Å². The number of nitrogens with one attached hydrogen (secondary N) is 3. The molecule has 5 rings (SSSR count). The summed E-state index contributed by atoms with van der Waals surface area (Å²) in [5.74, 6) is 0.519. The molecule has 10 nitrogen and oxygen atoms in total. The van der Waals surface area contributed by atoms with Crippen LogP contribution in [0.3, 0.4) is 0 Å². The van der Waals surface area contributed by atoms with E-state index in [0.717, 1.165) is 43.2 Å². The minimum Gasteiger partial charge on any atom is -0.379 e. The summed E-state index contributed by atoms with van der Waals surface area (Å²) in [7, 11) is -3.78. The number of morpholine rings is 1. The highest BCUT2D eigenvalue weighted by Crippen LogP contribution is 2.20. The second kappa shape index (κ2) is 9.82. The maximum atomic E-state index is 12.7. The van der Waals surface area contributed by atoms with Crippen LogP contribution in [0, 0.1) is 0 Å². The van der Waals surface area contributed by atoms with Gasteiger partial charge in [0, 0.05) is 36.7 Å². The monoisotopic (exact) mass is 492 g/mol. The number of aromatic amines is 1. The van der Waals surface area contributed by atoms with Crippen LogP contribution in [-0.4, -0.2) is 60.5 Å². The standard InChI is InChI=1S/C24H24N6O4S/c31-24(17-1-4-20(5-2-17)35(32,33)29-18-7-9-25-10-8-18)26-19-3-6-21-22(15-19)28-23(27-21)16-30-11-13-34-14-12-30/h1-10,15H,11-14,16H2,(H,25,29)(H,26,31)(H,27,28). The Hall–Kier alpha value is -3.80. The Balaban J connectivity index is 1.25. The first-order valence-corrected chi connectivity index (χ1v) is 12.6. The van der Waals surface area contributed by atoms with E-state index in [1.54, 1.807) is 18.2 Å². The molecule has 1 aliphatic rings. The van der Waals surface area contributed by atoms with Crippen molar-refractivity contribution in [3.63, 3.8) is 0 Å². The van der Waals surface area contributed by atoms with E-state index in [9.17, 15) is 13.2 Å². The van der Waals surface area contributed by atoms with Crippen LogP contribution >= 0.6 is 0 Å². The molecule has 0 radical (unpaired) electrons. The minimum absolute atomic E-state index is 0.0533. The number of aromatic nitrogens is 3. The molecular weight excluding hydrogens is 468 g/mol. The van der Waals surface area contributed by atoms with Gasteiger partial charge >= 0.3 is 0 Å². The second-order valence-corrected chi connectivity index (χ2v) is 9.81. The molecule has 35 heavy (non-hydrogen) atoms. The van der Waals surface area contributed by atoms with Crippen LogP contribution in [0.2, 0.25) is 0 Å². The number of sulfonamides is 1. The zero-order chi connectivity index (χ0) is 24.3. The maximum Gasteiger partial charge on any atom is 0.261 e. The third-order valence-corrected chi connectivity index (χ3v) is 7.02.